The Labute approximate surface area is 172 Å². The van der Waals surface area contributed by atoms with Crippen molar-refractivity contribution in [2.75, 3.05) is 27.4 Å². The summed E-state index contributed by atoms with van der Waals surface area (Å²) in [6.07, 6.45) is 1.44. The third-order valence-electron chi connectivity index (χ3n) is 4.56. The van der Waals surface area contributed by atoms with Crippen molar-refractivity contribution in [2.45, 2.75) is 0 Å². The van der Waals surface area contributed by atoms with E-state index < -0.39 is 30.2 Å². The van der Waals surface area contributed by atoms with Crippen LogP contribution in [0.2, 0.25) is 0 Å². The van der Waals surface area contributed by atoms with Crippen LogP contribution in [0.3, 0.4) is 0 Å². The zero-order valence-electron chi connectivity index (χ0n) is 16.5. The maximum atomic E-state index is 12.4. The predicted molar refractivity (Wildman–Crippen MR) is 106 cm³/mol. The van der Waals surface area contributed by atoms with Crippen LogP contribution in [0.4, 0.5) is 0 Å². The van der Waals surface area contributed by atoms with E-state index in [0.29, 0.717) is 11.5 Å². The molecule has 3 rings (SSSR count). The van der Waals surface area contributed by atoms with Gasteiger partial charge in [-0.3, -0.25) is 19.3 Å². The molecule has 0 saturated carbocycles. The Kier molecular flexibility index (Phi) is 5.96. The van der Waals surface area contributed by atoms with Gasteiger partial charge in [0.05, 0.1) is 30.9 Å². The van der Waals surface area contributed by atoms with E-state index in [0.717, 1.165) is 4.90 Å². The van der Waals surface area contributed by atoms with Gasteiger partial charge in [0.15, 0.2) is 23.9 Å². The molecule has 2 aromatic rings. The first-order chi connectivity index (χ1) is 14.4. The van der Waals surface area contributed by atoms with Gasteiger partial charge in [-0.15, -0.1) is 6.58 Å². The first-order valence-electron chi connectivity index (χ1n) is 8.94. The molecule has 0 N–H and O–H groups in total. The van der Waals surface area contributed by atoms with Crippen LogP contribution in [0, 0.1) is 0 Å². The first kappa shape index (κ1) is 20.8. The van der Waals surface area contributed by atoms with Crippen molar-refractivity contribution >= 4 is 23.6 Å². The summed E-state index contributed by atoms with van der Waals surface area (Å²) in [5, 5.41) is 0. The molecule has 0 bridgehead atoms. The number of nitrogens with zero attached hydrogens (tertiary/aromatic N) is 1. The topological polar surface area (TPSA) is 99.2 Å². The number of carbonyl (C=O) groups excluding carboxylic acids is 4. The molecule has 0 spiro atoms. The summed E-state index contributed by atoms with van der Waals surface area (Å²) in [5.74, 6) is -1.33. The summed E-state index contributed by atoms with van der Waals surface area (Å²) >= 11 is 0. The highest BCUT2D eigenvalue weighted by Crippen LogP contribution is 2.28. The molecule has 2 aromatic carbocycles. The molecule has 8 nitrogen and oxygen atoms in total. The van der Waals surface area contributed by atoms with Crippen molar-refractivity contribution in [2.24, 2.45) is 0 Å². The van der Waals surface area contributed by atoms with E-state index in [9.17, 15) is 19.2 Å². The summed E-state index contributed by atoms with van der Waals surface area (Å²) in [7, 11) is 2.93. The SMILES string of the molecule is C=CCN1C(=O)c2ccc(C(=O)OCC(=O)c3ccc(OC)c(OC)c3)cc2C1=O. The highest BCUT2D eigenvalue weighted by atomic mass is 16.5. The summed E-state index contributed by atoms with van der Waals surface area (Å²) in [5.41, 5.74) is 0.674. The standard InChI is InChI=1S/C22H19NO7/c1-4-9-23-20(25)15-7-5-14(10-16(15)21(23)26)22(27)30-12-17(24)13-6-8-18(28-2)19(11-13)29-3/h4-8,10-11H,1,9,12H2,2-3H3. The fourth-order valence-corrected chi connectivity index (χ4v) is 3.02. The van der Waals surface area contributed by atoms with Crippen LogP contribution in [0.25, 0.3) is 0 Å². The van der Waals surface area contributed by atoms with Gasteiger partial charge in [0, 0.05) is 12.1 Å². The number of hydrogen-bond donors (Lipinski definition) is 0. The second-order valence-electron chi connectivity index (χ2n) is 6.34. The van der Waals surface area contributed by atoms with Crippen molar-refractivity contribution < 1.29 is 33.4 Å². The molecule has 0 radical (unpaired) electrons. The van der Waals surface area contributed by atoms with Gasteiger partial charge in [0.2, 0.25) is 0 Å². The number of rotatable bonds is 8. The lowest BCUT2D eigenvalue weighted by Gasteiger charge is -2.09. The monoisotopic (exact) mass is 409 g/mol. The van der Waals surface area contributed by atoms with Crippen LogP contribution in [-0.2, 0) is 4.74 Å². The fraction of sp³-hybridized carbons (Fsp3) is 0.182. The second-order valence-corrected chi connectivity index (χ2v) is 6.34. The van der Waals surface area contributed by atoms with Gasteiger partial charge in [0.1, 0.15) is 0 Å². The summed E-state index contributed by atoms with van der Waals surface area (Å²) < 4.78 is 15.4. The minimum absolute atomic E-state index is 0.0652. The van der Waals surface area contributed by atoms with Gasteiger partial charge >= 0.3 is 5.97 Å². The van der Waals surface area contributed by atoms with Gasteiger partial charge < -0.3 is 14.2 Å². The Balaban J connectivity index is 1.71. The second kappa shape index (κ2) is 8.60. The van der Waals surface area contributed by atoms with Crippen LogP contribution >= 0.6 is 0 Å². The van der Waals surface area contributed by atoms with Crippen LogP contribution in [0.1, 0.15) is 41.4 Å². The van der Waals surface area contributed by atoms with Crippen molar-refractivity contribution in [3.05, 3.63) is 71.3 Å². The Morgan fingerprint density at radius 2 is 1.60 bits per heavy atom. The average molecular weight is 409 g/mol. The lowest BCUT2D eigenvalue weighted by atomic mass is 10.1. The number of carbonyl (C=O) groups is 4. The Morgan fingerprint density at radius 3 is 2.27 bits per heavy atom. The van der Waals surface area contributed by atoms with Crippen molar-refractivity contribution in [3.8, 4) is 11.5 Å². The molecule has 8 heteroatoms. The van der Waals surface area contributed by atoms with E-state index >= 15 is 0 Å². The van der Waals surface area contributed by atoms with E-state index in [2.05, 4.69) is 6.58 Å². The lowest BCUT2D eigenvalue weighted by molar-refractivity contribution is 0.0474. The minimum Gasteiger partial charge on any atom is -0.493 e. The van der Waals surface area contributed by atoms with E-state index in [1.54, 1.807) is 6.07 Å². The molecule has 1 aliphatic rings. The normalized spacial score (nSPS) is 12.4. The molecule has 0 aromatic heterocycles. The molecule has 0 saturated heterocycles. The van der Waals surface area contributed by atoms with Crippen molar-refractivity contribution in [1.82, 2.24) is 4.90 Å². The van der Waals surface area contributed by atoms with Gasteiger partial charge in [-0.05, 0) is 36.4 Å². The highest BCUT2D eigenvalue weighted by Gasteiger charge is 2.35. The zero-order valence-corrected chi connectivity index (χ0v) is 16.5. The van der Waals surface area contributed by atoms with Crippen LogP contribution in [-0.4, -0.2) is 55.8 Å². The highest BCUT2D eigenvalue weighted by molar-refractivity contribution is 6.22. The van der Waals surface area contributed by atoms with Crippen LogP contribution < -0.4 is 9.47 Å². The number of imide groups is 1. The number of ether oxygens (including phenoxy) is 3. The maximum absolute atomic E-state index is 12.4. The molecule has 154 valence electrons. The van der Waals surface area contributed by atoms with Gasteiger partial charge in [0.25, 0.3) is 11.8 Å². The fourth-order valence-electron chi connectivity index (χ4n) is 3.02. The molecule has 1 aliphatic heterocycles. The quantitative estimate of drug-likeness (QED) is 0.286. The number of hydrogen-bond acceptors (Lipinski definition) is 7. The number of methoxy groups -OCH3 is 2. The lowest BCUT2D eigenvalue weighted by Crippen LogP contribution is -2.29. The summed E-state index contributed by atoms with van der Waals surface area (Å²) in [6, 6.07) is 8.66. The number of esters is 1. The molecule has 0 fully saturated rings. The van der Waals surface area contributed by atoms with E-state index in [1.807, 2.05) is 0 Å². The zero-order chi connectivity index (χ0) is 21.8. The summed E-state index contributed by atoms with van der Waals surface area (Å²) in [6.45, 7) is 3.10. The van der Waals surface area contributed by atoms with Gasteiger partial charge in [-0.1, -0.05) is 6.08 Å². The average Bonchev–Trinajstić information content (AvgIpc) is 3.01. The molecule has 0 atom stereocenters. The number of ketones is 1. The number of Topliss-reactive ketones (excluding diaryl/α,β-unsaturated/α-hetero) is 1. The first-order valence-corrected chi connectivity index (χ1v) is 8.94. The Bertz CT molecular complexity index is 1060. The maximum Gasteiger partial charge on any atom is 0.338 e. The Morgan fingerprint density at radius 1 is 0.933 bits per heavy atom. The molecule has 30 heavy (non-hydrogen) atoms. The third-order valence-corrected chi connectivity index (χ3v) is 4.56. The van der Waals surface area contributed by atoms with Crippen molar-refractivity contribution in [1.29, 1.82) is 0 Å². The number of amides is 2. The predicted octanol–water partition coefficient (Wildman–Crippen LogP) is 2.53. The minimum atomic E-state index is -0.783. The van der Waals surface area contributed by atoms with Gasteiger partial charge in [-0.2, -0.15) is 0 Å². The van der Waals surface area contributed by atoms with E-state index in [1.165, 1.54) is 50.6 Å². The molecular formula is C22H19NO7. The third kappa shape index (κ3) is 3.80. The van der Waals surface area contributed by atoms with Crippen LogP contribution in [0.15, 0.2) is 49.1 Å². The largest absolute Gasteiger partial charge is 0.493 e. The molecule has 2 amide bonds. The van der Waals surface area contributed by atoms with E-state index in [-0.39, 0.29) is 28.8 Å². The molecule has 0 aliphatic carbocycles. The molecular weight excluding hydrogens is 390 g/mol. The van der Waals surface area contributed by atoms with E-state index in [4.69, 9.17) is 14.2 Å². The summed E-state index contributed by atoms with van der Waals surface area (Å²) in [4.78, 5) is 50.3. The Hall–Kier alpha value is -3.94. The van der Waals surface area contributed by atoms with Crippen molar-refractivity contribution in [3.63, 3.8) is 0 Å². The smallest absolute Gasteiger partial charge is 0.338 e. The molecule has 1 heterocycles. The number of benzene rings is 2. The molecule has 0 unspecified atom stereocenters. The number of fused-ring (bicyclic) bond motifs is 1. The van der Waals surface area contributed by atoms with Crippen LogP contribution in [0.5, 0.6) is 11.5 Å². The van der Waals surface area contributed by atoms with Gasteiger partial charge in [-0.25, -0.2) is 4.79 Å².